The van der Waals surface area contributed by atoms with E-state index in [0.717, 1.165) is 30.9 Å². The molecule has 0 aliphatic rings. The molecule has 0 aliphatic carbocycles. The van der Waals surface area contributed by atoms with Gasteiger partial charge in [0.2, 0.25) is 0 Å². The van der Waals surface area contributed by atoms with Gasteiger partial charge in [-0.2, -0.15) is 0 Å². The second kappa shape index (κ2) is 5.42. The molecule has 0 fully saturated rings. The van der Waals surface area contributed by atoms with Crippen molar-refractivity contribution in [3.8, 4) is 11.3 Å². The highest BCUT2D eigenvalue weighted by Crippen LogP contribution is 2.17. The zero-order chi connectivity index (χ0) is 11.2. The van der Waals surface area contributed by atoms with Gasteiger partial charge in [-0.05, 0) is 18.7 Å². The molecule has 2 heterocycles. The molecule has 4 nitrogen and oxygen atoms in total. The molecule has 16 heavy (non-hydrogen) atoms. The lowest BCUT2D eigenvalue weighted by Crippen LogP contribution is -2.19. The number of likely N-dealkylation sites (N-methyl/N-ethyl adjacent to an activating group) is 1. The van der Waals surface area contributed by atoms with Crippen molar-refractivity contribution in [2.45, 2.75) is 13.5 Å². The Morgan fingerprint density at radius 3 is 2.81 bits per heavy atom. The van der Waals surface area contributed by atoms with Crippen LogP contribution in [0.1, 0.15) is 6.92 Å². The van der Waals surface area contributed by atoms with Crippen LogP contribution in [-0.2, 0) is 6.54 Å². The molecular weight excluding hydrogens is 200 g/mol. The molecule has 2 aromatic heterocycles. The lowest BCUT2D eigenvalue weighted by molar-refractivity contribution is 0.616. The highest BCUT2D eigenvalue weighted by Gasteiger charge is 2.03. The van der Waals surface area contributed by atoms with Crippen LogP contribution in [0.5, 0.6) is 0 Å². The fraction of sp³-hybridized carbons (Fsp3) is 0.333. The molecule has 0 radical (unpaired) electrons. The van der Waals surface area contributed by atoms with E-state index in [0.29, 0.717) is 0 Å². The van der Waals surface area contributed by atoms with Crippen LogP contribution in [0.25, 0.3) is 11.3 Å². The third-order valence-corrected chi connectivity index (χ3v) is 2.47. The highest BCUT2D eigenvalue weighted by molar-refractivity contribution is 5.57. The van der Waals surface area contributed by atoms with Crippen LogP contribution >= 0.6 is 0 Å². The van der Waals surface area contributed by atoms with Crippen LogP contribution in [0.3, 0.4) is 0 Å². The molecule has 0 aromatic carbocycles. The Hall–Kier alpha value is -1.68. The quantitative estimate of drug-likeness (QED) is 0.771. The number of aromatic nitrogens is 3. The zero-order valence-electron chi connectivity index (χ0n) is 9.43. The molecule has 0 spiro atoms. The summed E-state index contributed by atoms with van der Waals surface area (Å²) < 4.78 is 2.15. The lowest BCUT2D eigenvalue weighted by atomic mass is 10.2. The van der Waals surface area contributed by atoms with Gasteiger partial charge >= 0.3 is 0 Å². The van der Waals surface area contributed by atoms with Gasteiger partial charge in [-0.1, -0.05) is 6.92 Å². The fourth-order valence-electron chi connectivity index (χ4n) is 1.64. The van der Waals surface area contributed by atoms with Gasteiger partial charge in [-0.25, -0.2) is 4.98 Å². The Labute approximate surface area is 95.4 Å². The van der Waals surface area contributed by atoms with Crippen LogP contribution in [0.15, 0.2) is 37.1 Å². The number of hydrogen-bond donors (Lipinski definition) is 1. The van der Waals surface area contributed by atoms with Gasteiger partial charge in [0.15, 0.2) is 0 Å². The maximum atomic E-state index is 4.19. The summed E-state index contributed by atoms with van der Waals surface area (Å²) >= 11 is 0. The highest BCUT2D eigenvalue weighted by atomic mass is 15.1. The predicted molar refractivity (Wildman–Crippen MR) is 64.0 cm³/mol. The maximum absolute atomic E-state index is 4.19. The minimum Gasteiger partial charge on any atom is -0.329 e. The molecule has 0 amide bonds. The van der Waals surface area contributed by atoms with Crippen molar-refractivity contribution in [1.82, 2.24) is 19.9 Å². The van der Waals surface area contributed by atoms with Gasteiger partial charge in [-0.15, -0.1) is 0 Å². The normalized spacial score (nSPS) is 10.6. The van der Waals surface area contributed by atoms with E-state index in [1.54, 1.807) is 12.4 Å². The molecule has 0 bridgehead atoms. The van der Waals surface area contributed by atoms with Crippen molar-refractivity contribution < 1.29 is 0 Å². The molecule has 0 atom stereocenters. The Morgan fingerprint density at radius 2 is 2.06 bits per heavy atom. The maximum Gasteiger partial charge on any atom is 0.0951 e. The molecule has 0 unspecified atom stereocenters. The van der Waals surface area contributed by atoms with Gasteiger partial charge < -0.3 is 9.88 Å². The van der Waals surface area contributed by atoms with Gasteiger partial charge in [0.1, 0.15) is 0 Å². The molecule has 84 valence electrons. The standard InChI is InChI=1S/C12H16N4/c1-2-13-7-8-16-10-15-9-12(16)11-3-5-14-6-4-11/h3-6,9-10,13H,2,7-8H2,1H3. The summed E-state index contributed by atoms with van der Waals surface area (Å²) in [6, 6.07) is 4.00. The van der Waals surface area contributed by atoms with Crippen LogP contribution < -0.4 is 5.32 Å². The van der Waals surface area contributed by atoms with E-state index < -0.39 is 0 Å². The van der Waals surface area contributed by atoms with Crippen LogP contribution in [0, 0.1) is 0 Å². The monoisotopic (exact) mass is 216 g/mol. The first-order valence-corrected chi connectivity index (χ1v) is 5.53. The van der Waals surface area contributed by atoms with Crippen LogP contribution in [-0.4, -0.2) is 27.6 Å². The second-order valence-electron chi connectivity index (χ2n) is 3.56. The average Bonchev–Trinajstić information content (AvgIpc) is 2.79. The number of nitrogens with one attached hydrogen (secondary N) is 1. The minimum atomic E-state index is 0.936. The van der Waals surface area contributed by atoms with Gasteiger partial charge in [-0.3, -0.25) is 4.98 Å². The largest absolute Gasteiger partial charge is 0.329 e. The van der Waals surface area contributed by atoms with Crippen molar-refractivity contribution >= 4 is 0 Å². The summed E-state index contributed by atoms with van der Waals surface area (Å²) in [5, 5.41) is 3.30. The van der Waals surface area contributed by atoms with Crippen LogP contribution in [0.4, 0.5) is 0 Å². The number of hydrogen-bond acceptors (Lipinski definition) is 3. The van der Waals surface area contributed by atoms with E-state index in [4.69, 9.17) is 0 Å². The number of rotatable bonds is 5. The molecule has 0 aliphatic heterocycles. The van der Waals surface area contributed by atoms with Crippen molar-refractivity contribution in [3.05, 3.63) is 37.1 Å². The average molecular weight is 216 g/mol. The summed E-state index contributed by atoms with van der Waals surface area (Å²) in [6.07, 6.45) is 7.36. The SMILES string of the molecule is CCNCCn1cncc1-c1ccncc1. The van der Waals surface area contributed by atoms with E-state index in [1.165, 1.54) is 0 Å². The minimum absolute atomic E-state index is 0.936. The first kappa shape index (κ1) is 10.8. The molecule has 0 saturated carbocycles. The van der Waals surface area contributed by atoms with E-state index in [2.05, 4.69) is 26.8 Å². The lowest BCUT2D eigenvalue weighted by Gasteiger charge is -2.08. The van der Waals surface area contributed by atoms with Crippen LogP contribution in [0.2, 0.25) is 0 Å². The summed E-state index contributed by atoms with van der Waals surface area (Å²) in [5.74, 6) is 0. The summed E-state index contributed by atoms with van der Waals surface area (Å²) in [5.41, 5.74) is 2.30. The van der Waals surface area contributed by atoms with E-state index in [-0.39, 0.29) is 0 Å². The zero-order valence-corrected chi connectivity index (χ0v) is 9.43. The van der Waals surface area contributed by atoms with Gasteiger partial charge in [0, 0.05) is 31.0 Å². The molecule has 0 saturated heterocycles. The third-order valence-electron chi connectivity index (χ3n) is 2.47. The third kappa shape index (κ3) is 2.46. The van der Waals surface area contributed by atoms with E-state index in [1.807, 2.05) is 24.7 Å². The first-order chi connectivity index (χ1) is 7.92. The molecular formula is C12H16N4. The Balaban J connectivity index is 2.13. The summed E-state index contributed by atoms with van der Waals surface area (Å²) in [6.45, 7) is 5.01. The first-order valence-electron chi connectivity index (χ1n) is 5.53. The molecule has 4 heteroatoms. The number of nitrogens with zero attached hydrogens (tertiary/aromatic N) is 3. The van der Waals surface area contributed by atoms with Gasteiger partial charge in [0.25, 0.3) is 0 Å². The Morgan fingerprint density at radius 1 is 1.25 bits per heavy atom. The Bertz CT molecular complexity index is 422. The van der Waals surface area contributed by atoms with E-state index in [9.17, 15) is 0 Å². The van der Waals surface area contributed by atoms with Crippen molar-refractivity contribution in [2.75, 3.05) is 13.1 Å². The smallest absolute Gasteiger partial charge is 0.0951 e. The predicted octanol–water partition coefficient (Wildman–Crippen LogP) is 1.55. The van der Waals surface area contributed by atoms with Gasteiger partial charge in [0.05, 0.1) is 18.2 Å². The van der Waals surface area contributed by atoms with Crippen molar-refractivity contribution in [1.29, 1.82) is 0 Å². The second-order valence-corrected chi connectivity index (χ2v) is 3.56. The molecule has 2 aromatic rings. The fourth-order valence-corrected chi connectivity index (χ4v) is 1.64. The molecule has 2 rings (SSSR count). The topological polar surface area (TPSA) is 42.7 Å². The van der Waals surface area contributed by atoms with Crippen molar-refractivity contribution in [3.63, 3.8) is 0 Å². The number of imidazole rings is 1. The van der Waals surface area contributed by atoms with Crippen molar-refractivity contribution in [2.24, 2.45) is 0 Å². The number of pyridine rings is 1. The summed E-state index contributed by atoms with van der Waals surface area (Å²) in [7, 11) is 0. The van der Waals surface area contributed by atoms with E-state index >= 15 is 0 Å². The molecule has 1 N–H and O–H groups in total. The summed E-state index contributed by atoms with van der Waals surface area (Å²) in [4.78, 5) is 8.21. The Kier molecular flexibility index (Phi) is 3.66.